The third kappa shape index (κ3) is 3.01. The maximum absolute atomic E-state index is 5.68. The Morgan fingerprint density at radius 3 is 2.65 bits per heavy atom. The van der Waals surface area contributed by atoms with E-state index in [9.17, 15) is 0 Å². The lowest BCUT2D eigenvalue weighted by molar-refractivity contribution is 0.284. The molecule has 0 saturated carbocycles. The lowest BCUT2D eigenvalue weighted by Crippen LogP contribution is -2.03. The molecule has 2 rings (SSSR count). The van der Waals surface area contributed by atoms with Crippen LogP contribution in [0.1, 0.15) is 25.6 Å². The lowest BCUT2D eigenvalue weighted by Gasteiger charge is -2.11. The molecule has 0 aliphatic carbocycles. The number of nitrogens with zero attached hydrogens (tertiary/aromatic N) is 3. The van der Waals surface area contributed by atoms with Gasteiger partial charge in [-0.05, 0) is 13.8 Å². The molecule has 0 N–H and O–H groups in total. The van der Waals surface area contributed by atoms with Crippen LogP contribution in [-0.2, 0) is 6.61 Å². The average Bonchev–Trinajstić information content (AvgIpc) is 2.93. The first-order valence-corrected chi connectivity index (χ1v) is 6.38. The Bertz CT molecular complexity index is 567. The van der Waals surface area contributed by atoms with Crippen molar-refractivity contribution in [2.24, 2.45) is 0 Å². The van der Waals surface area contributed by atoms with E-state index in [-0.39, 0.29) is 0 Å². The highest BCUT2D eigenvalue weighted by atomic mass is 16.5. The Morgan fingerprint density at radius 2 is 2.05 bits per heavy atom. The van der Waals surface area contributed by atoms with Gasteiger partial charge in [0.2, 0.25) is 0 Å². The molecular weight excluding hydrogens is 258 g/mol. The summed E-state index contributed by atoms with van der Waals surface area (Å²) in [5.74, 6) is 1.93. The average molecular weight is 277 g/mol. The highest BCUT2D eigenvalue weighted by Gasteiger charge is 2.12. The third-order valence-corrected chi connectivity index (χ3v) is 2.85. The van der Waals surface area contributed by atoms with Crippen LogP contribution in [0.15, 0.2) is 24.7 Å². The van der Waals surface area contributed by atoms with E-state index in [0.717, 1.165) is 0 Å². The summed E-state index contributed by atoms with van der Waals surface area (Å²) in [5, 5.41) is 4.22. The number of methoxy groups -OCH3 is 2. The van der Waals surface area contributed by atoms with E-state index < -0.39 is 0 Å². The molecule has 0 bridgehead atoms. The van der Waals surface area contributed by atoms with Crippen LogP contribution in [0.3, 0.4) is 0 Å². The van der Waals surface area contributed by atoms with Gasteiger partial charge in [-0.25, -0.2) is 0 Å². The molecule has 0 aliphatic heterocycles. The summed E-state index contributed by atoms with van der Waals surface area (Å²) in [4.78, 5) is 4.26. The van der Waals surface area contributed by atoms with Crippen molar-refractivity contribution in [3.05, 3.63) is 30.4 Å². The summed E-state index contributed by atoms with van der Waals surface area (Å²) in [5.41, 5.74) is 0.684. The van der Waals surface area contributed by atoms with Gasteiger partial charge < -0.3 is 14.2 Å². The van der Waals surface area contributed by atoms with Crippen LogP contribution in [0.4, 0.5) is 0 Å². The summed E-state index contributed by atoms with van der Waals surface area (Å²) in [7, 11) is 3.18. The van der Waals surface area contributed by atoms with Gasteiger partial charge in [0.1, 0.15) is 12.3 Å². The van der Waals surface area contributed by atoms with Gasteiger partial charge in [-0.1, -0.05) is 0 Å². The quantitative estimate of drug-likeness (QED) is 0.811. The molecule has 6 heteroatoms. The second kappa shape index (κ2) is 6.27. The smallest absolute Gasteiger partial charge is 0.185 e. The predicted octanol–water partition coefficient (Wildman–Crippen LogP) is 2.46. The molecule has 0 unspecified atom stereocenters. The standard InChI is InChI=1S/C14H19N3O3/c1-10(2)17-8-11(7-16-17)20-9-12-14(19-4)13(18-3)5-6-15-12/h5-8,10H,9H2,1-4H3. The molecule has 108 valence electrons. The molecule has 0 radical (unpaired) electrons. The highest BCUT2D eigenvalue weighted by Crippen LogP contribution is 2.29. The van der Waals surface area contributed by atoms with Crippen LogP contribution in [0, 0.1) is 0 Å². The summed E-state index contributed by atoms with van der Waals surface area (Å²) in [6.45, 7) is 4.41. The van der Waals surface area contributed by atoms with Gasteiger partial charge in [0.25, 0.3) is 0 Å². The number of hydrogen-bond donors (Lipinski definition) is 0. The monoisotopic (exact) mass is 277 g/mol. The fraction of sp³-hybridized carbons (Fsp3) is 0.429. The zero-order chi connectivity index (χ0) is 14.5. The van der Waals surface area contributed by atoms with E-state index in [1.54, 1.807) is 32.7 Å². The third-order valence-electron chi connectivity index (χ3n) is 2.85. The summed E-state index contributed by atoms with van der Waals surface area (Å²) in [6.07, 6.45) is 5.21. The maximum atomic E-state index is 5.68. The van der Waals surface area contributed by atoms with Crippen LogP contribution in [0.25, 0.3) is 0 Å². The molecule has 6 nitrogen and oxygen atoms in total. The van der Waals surface area contributed by atoms with E-state index in [0.29, 0.717) is 35.6 Å². The number of ether oxygens (including phenoxy) is 3. The number of pyridine rings is 1. The van der Waals surface area contributed by atoms with Crippen molar-refractivity contribution >= 4 is 0 Å². The lowest BCUT2D eigenvalue weighted by atomic mass is 10.3. The zero-order valence-electron chi connectivity index (χ0n) is 12.2. The van der Waals surface area contributed by atoms with Gasteiger partial charge in [-0.2, -0.15) is 5.10 Å². The minimum Gasteiger partial charge on any atom is -0.493 e. The van der Waals surface area contributed by atoms with Crippen LogP contribution in [0.5, 0.6) is 17.2 Å². The largest absolute Gasteiger partial charge is 0.493 e. The van der Waals surface area contributed by atoms with E-state index in [1.807, 2.05) is 10.9 Å². The van der Waals surface area contributed by atoms with Crippen molar-refractivity contribution in [2.75, 3.05) is 14.2 Å². The van der Waals surface area contributed by atoms with Gasteiger partial charge in [0.05, 0.1) is 26.6 Å². The van der Waals surface area contributed by atoms with Crippen molar-refractivity contribution in [3.8, 4) is 17.2 Å². The van der Waals surface area contributed by atoms with Crippen molar-refractivity contribution < 1.29 is 14.2 Å². The molecule has 20 heavy (non-hydrogen) atoms. The van der Waals surface area contributed by atoms with Crippen molar-refractivity contribution in [3.63, 3.8) is 0 Å². The minimum atomic E-state index is 0.296. The SMILES string of the molecule is COc1ccnc(COc2cnn(C(C)C)c2)c1OC. The second-order valence-corrected chi connectivity index (χ2v) is 4.53. The Morgan fingerprint density at radius 1 is 1.25 bits per heavy atom. The molecule has 0 aromatic carbocycles. The predicted molar refractivity (Wildman–Crippen MR) is 74.3 cm³/mol. The van der Waals surface area contributed by atoms with Gasteiger partial charge in [0, 0.05) is 18.3 Å². The summed E-state index contributed by atoms with van der Waals surface area (Å²) >= 11 is 0. The van der Waals surface area contributed by atoms with Crippen LogP contribution in [-0.4, -0.2) is 29.0 Å². The summed E-state index contributed by atoms with van der Waals surface area (Å²) in [6, 6.07) is 2.05. The molecule has 2 aromatic rings. The molecular formula is C14H19N3O3. The Hall–Kier alpha value is -2.24. The van der Waals surface area contributed by atoms with E-state index in [4.69, 9.17) is 14.2 Å². The van der Waals surface area contributed by atoms with Crippen LogP contribution in [0.2, 0.25) is 0 Å². The topological polar surface area (TPSA) is 58.4 Å². The van der Waals surface area contributed by atoms with E-state index >= 15 is 0 Å². The van der Waals surface area contributed by atoms with Crippen molar-refractivity contribution in [1.29, 1.82) is 0 Å². The van der Waals surface area contributed by atoms with Crippen LogP contribution < -0.4 is 14.2 Å². The highest BCUT2D eigenvalue weighted by molar-refractivity contribution is 5.42. The zero-order valence-corrected chi connectivity index (χ0v) is 12.2. The molecule has 0 fully saturated rings. The fourth-order valence-corrected chi connectivity index (χ4v) is 1.78. The van der Waals surface area contributed by atoms with E-state index in [2.05, 4.69) is 23.9 Å². The first-order chi connectivity index (χ1) is 9.65. The molecule has 0 amide bonds. The Kier molecular flexibility index (Phi) is 4.45. The molecule has 2 aromatic heterocycles. The van der Waals surface area contributed by atoms with Gasteiger partial charge >= 0.3 is 0 Å². The van der Waals surface area contributed by atoms with E-state index in [1.165, 1.54) is 0 Å². The molecule has 0 aliphatic rings. The van der Waals surface area contributed by atoms with Gasteiger partial charge in [0.15, 0.2) is 17.2 Å². The molecule has 0 atom stereocenters. The first-order valence-electron chi connectivity index (χ1n) is 6.38. The Labute approximate surface area is 118 Å². The molecule has 0 spiro atoms. The Balaban J connectivity index is 2.10. The van der Waals surface area contributed by atoms with Crippen molar-refractivity contribution in [1.82, 2.24) is 14.8 Å². The van der Waals surface area contributed by atoms with Gasteiger partial charge in [-0.15, -0.1) is 0 Å². The number of rotatable bonds is 6. The number of hydrogen-bond acceptors (Lipinski definition) is 5. The summed E-state index contributed by atoms with van der Waals surface area (Å²) < 4.78 is 18.1. The van der Waals surface area contributed by atoms with Gasteiger partial charge in [-0.3, -0.25) is 9.67 Å². The molecule has 0 saturated heterocycles. The van der Waals surface area contributed by atoms with Crippen LogP contribution >= 0.6 is 0 Å². The van der Waals surface area contributed by atoms with Crippen molar-refractivity contribution in [2.45, 2.75) is 26.5 Å². The fourth-order valence-electron chi connectivity index (χ4n) is 1.78. The maximum Gasteiger partial charge on any atom is 0.185 e. The molecule has 2 heterocycles. The first kappa shape index (κ1) is 14.2. The normalized spacial score (nSPS) is 10.7. The minimum absolute atomic E-state index is 0.296. The second-order valence-electron chi connectivity index (χ2n) is 4.53. The number of aromatic nitrogens is 3.